The number of carbonyl (C=O) groups is 1. The SMILES string of the molecule is NC(=O)CNCc1nncn1C1CCCC1. The monoisotopic (exact) mass is 223 g/mol. The van der Waals surface area contributed by atoms with Crippen molar-refractivity contribution >= 4 is 5.91 Å². The van der Waals surface area contributed by atoms with Gasteiger partial charge in [0.2, 0.25) is 5.91 Å². The van der Waals surface area contributed by atoms with Crippen LogP contribution in [0.25, 0.3) is 0 Å². The van der Waals surface area contributed by atoms with Crippen molar-refractivity contribution in [3.8, 4) is 0 Å². The van der Waals surface area contributed by atoms with Crippen LogP contribution in [-0.4, -0.2) is 27.2 Å². The van der Waals surface area contributed by atoms with Gasteiger partial charge in [-0.05, 0) is 12.8 Å². The van der Waals surface area contributed by atoms with Crippen LogP contribution >= 0.6 is 0 Å². The van der Waals surface area contributed by atoms with E-state index in [1.807, 2.05) is 0 Å². The molecule has 3 N–H and O–H groups in total. The molecule has 0 bridgehead atoms. The minimum absolute atomic E-state index is 0.178. The van der Waals surface area contributed by atoms with Crippen molar-refractivity contribution in [2.24, 2.45) is 5.73 Å². The predicted octanol–water partition coefficient (Wildman–Crippen LogP) is -0.0319. The van der Waals surface area contributed by atoms with E-state index in [1.54, 1.807) is 6.33 Å². The number of nitrogens with zero attached hydrogens (tertiary/aromatic N) is 3. The lowest BCUT2D eigenvalue weighted by Gasteiger charge is -2.13. The number of aromatic nitrogens is 3. The molecular weight excluding hydrogens is 206 g/mol. The molecule has 0 spiro atoms. The molecule has 0 atom stereocenters. The summed E-state index contributed by atoms with van der Waals surface area (Å²) in [6.45, 7) is 0.719. The average Bonchev–Trinajstić information content (AvgIpc) is 2.84. The lowest BCUT2D eigenvalue weighted by molar-refractivity contribution is -0.117. The molecule has 6 nitrogen and oxygen atoms in total. The summed E-state index contributed by atoms with van der Waals surface area (Å²) in [6, 6.07) is 0.528. The Morgan fingerprint density at radius 3 is 3.00 bits per heavy atom. The lowest BCUT2D eigenvalue weighted by atomic mass is 10.2. The van der Waals surface area contributed by atoms with Crippen LogP contribution in [0.15, 0.2) is 6.33 Å². The summed E-state index contributed by atoms with van der Waals surface area (Å²) in [5.41, 5.74) is 5.05. The fraction of sp³-hybridized carbons (Fsp3) is 0.700. The Hall–Kier alpha value is -1.43. The molecule has 0 aromatic carbocycles. The predicted molar refractivity (Wildman–Crippen MR) is 58.4 cm³/mol. The Morgan fingerprint density at radius 1 is 1.56 bits per heavy atom. The van der Waals surface area contributed by atoms with E-state index in [4.69, 9.17) is 5.73 Å². The quantitative estimate of drug-likeness (QED) is 0.734. The van der Waals surface area contributed by atoms with E-state index in [1.165, 1.54) is 25.7 Å². The number of rotatable bonds is 5. The highest BCUT2D eigenvalue weighted by Crippen LogP contribution is 2.29. The van der Waals surface area contributed by atoms with Crippen LogP contribution in [0.1, 0.15) is 37.5 Å². The summed E-state index contributed by atoms with van der Waals surface area (Å²) < 4.78 is 2.11. The van der Waals surface area contributed by atoms with Gasteiger partial charge in [0.05, 0.1) is 13.1 Å². The lowest BCUT2D eigenvalue weighted by Crippen LogP contribution is -2.29. The second kappa shape index (κ2) is 5.07. The molecule has 0 aliphatic heterocycles. The standard InChI is InChI=1S/C10H17N5O/c11-9(16)5-12-6-10-14-13-7-15(10)8-3-1-2-4-8/h7-8,12H,1-6H2,(H2,11,16). The molecule has 1 amide bonds. The molecule has 1 aromatic heterocycles. The molecule has 1 heterocycles. The van der Waals surface area contributed by atoms with Crippen molar-refractivity contribution in [1.29, 1.82) is 0 Å². The maximum absolute atomic E-state index is 10.6. The molecule has 1 aliphatic rings. The van der Waals surface area contributed by atoms with Gasteiger partial charge in [-0.25, -0.2) is 0 Å². The minimum atomic E-state index is -0.355. The van der Waals surface area contributed by atoms with E-state index in [0.29, 0.717) is 12.6 Å². The number of nitrogens with two attached hydrogens (primary N) is 1. The normalized spacial score (nSPS) is 16.8. The first kappa shape index (κ1) is 11.1. The van der Waals surface area contributed by atoms with Gasteiger partial charge in [0.25, 0.3) is 0 Å². The summed E-state index contributed by atoms with van der Waals surface area (Å²) in [4.78, 5) is 10.6. The second-order valence-electron chi connectivity index (χ2n) is 4.16. The zero-order chi connectivity index (χ0) is 11.4. The van der Waals surface area contributed by atoms with Crippen molar-refractivity contribution < 1.29 is 4.79 Å². The molecule has 1 aliphatic carbocycles. The van der Waals surface area contributed by atoms with Crippen molar-refractivity contribution in [3.63, 3.8) is 0 Å². The van der Waals surface area contributed by atoms with E-state index < -0.39 is 0 Å². The first-order chi connectivity index (χ1) is 7.77. The average molecular weight is 223 g/mol. The number of amides is 1. The van der Waals surface area contributed by atoms with Gasteiger partial charge < -0.3 is 15.6 Å². The number of hydrogen-bond acceptors (Lipinski definition) is 4. The smallest absolute Gasteiger partial charge is 0.231 e. The minimum Gasteiger partial charge on any atom is -0.369 e. The number of nitrogens with one attached hydrogen (secondary N) is 1. The fourth-order valence-electron chi connectivity index (χ4n) is 2.18. The molecule has 1 saturated carbocycles. The third kappa shape index (κ3) is 2.57. The van der Waals surface area contributed by atoms with Gasteiger partial charge >= 0.3 is 0 Å². The first-order valence-electron chi connectivity index (χ1n) is 5.65. The molecule has 0 saturated heterocycles. The molecule has 0 radical (unpaired) electrons. The van der Waals surface area contributed by atoms with Gasteiger partial charge in [-0.15, -0.1) is 10.2 Å². The zero-order valence-electron chi connectivity index (χ0n) is 9.22. The maximum atomic E-state index is 10.6. The second-order valence-corrected chi connectivity index (χ2v) is 4.16. The highest BCUT2D eigenvalue weighted by atomic mass is 16.1. The maximum Gasteiger partial charge on any atom is 0.231 e. The van der Waals surface area contributed by atoms with E-state index >= 15 is 0 Å². The van der Waals surface area contributed by atoms with Gasteiger partial charge in [-0.3, -0.25) is 4.79 Å². The molecule has 88 valence electrons. The Morgan fingerprint density at radius 2 is 2.31 bits per heavy atom. The van der Waals surface area contributed by atoms with Crippen molar-refractivity contribution in [1.82, 2.24) is 20.1 Å². The van der Waals surface area contributed by atoms with Gasteiger partial charge in [0.15, 0.2) is 0 Å². The highest BCUT2D eigenvalue weighted by molar-refractivity contribution is 5.75. The van der Waals surface area contributed by atoms with Crippen LogP contribution in [0.4, 0.5) is 0 Å². The Labute approximate surface area is 94.2 Å². The van der Waals surface area contributed by atoms with Crippen LogP contribution in [0.2, 0.25) is 0 Å². The Balaban J connectivity index is 1.93. The molecule has 1 fully saturated rings. The highest BCUT2D eigenvalue weighted by Gasteiger charge is 2.19. The van der Waals surface area contributed by atoms with Gasteiger partial charge in [0, 0.05) is 6.04 Å². The van der Waals surface area contributed by atoms with Gasteiger partial charge in [0.1, 0.15) is 12.2 Å². The Kier molecular flexibility index (Phi) is 3.51. The summed E-state index contributed by atoms with van der Waals surface area (Å²) in [7, 11) is 0. The molecule has 2 rings (SSSR count). The number of hydrogen-bond donors (Lipinski definition) is 2. The van der Waals surface area contributed by atoms with Crippen molar-refractivity contribution in [2.45, 2.75) is 38.3 Å². The largest absolute Gasteiger partial charge is 0.369 e. The zero-order valence-corrected chi connectivity index (χ0v) is 9.22. The van der Waals surface area contributed by atoms with Crippen LogP contribution in [-0.2, 0) is 11.3 Å². The summed E-state index contributed by atoms with van der Waals surface area (Å²) in [5, 5.41) is 10.9. The third-order valence-corrected chi connectivity index (χ3v) is 2.95. The molecule has 0 unspecified atom stereocenters. The summed E-state index contributed by atoms with van der Waals surface area (Å²) in [5.74, 6) is 0.528. The number of carbonyl (C=O) groups excluding carboxylic acids is 1. The van der Waals surface area contributed by atoms with Crippen LogP contribution in [0.5, 0.6) is 0 Å². The summed E-state index contributed by atoms with van der Waals surface area (Å²) >= 11 is 0. The van der Waals surface area contributed by atoms with E-state index in [9.17, 15) is 4.79 Å². The van der Waals surface area contributed by atoms with E-state index in [0.717, 1.165) is 5.82 Å². The van der Waals surface area contributed by atoms with Crippen molar-refractivity contribution in [2.75, 3.05) is 6.54 Å². The van der Waals surface area contributed by atoms with Gasteiger partial charge in [-0.1, -0.05) is 12.8 Å². The van der Waals surface area contributed by atoms with Gasteiger partial charge in [-0.2, -0.15) is 0 Å². The number of primary amides is 1. The van der Waals surface area contributed by atoms with Crippen LogP contribution in [0, 0.1) is 0 Å². The Bertz CT molecular complexity index is 356. The molecule has 1 aromatic rings. The molecule has 6 heteroatoms. The van der Waals surface area contributed by atoms with Crippen molar-refractivity contribution in [3.05, 3.63) is 12.2 Å². The molecule has 16 heavy (non-hydrogen) atoms. The fourth-order valence-corrected chi connectivity index (χ4v) is 2.18. The topological polar surface area (TPSA) is 85.8 Å². The third-order valence-electron chi connectivity index (χ3n) is 2.95. The van der Waals surface area contributed by atoms with E-state index in [-0.39, 0.29) is 12.5 Å². The van der Waals surface area contributed by atoms with Crippen LogP contribution < -0.4 is 11.1 Å². The molecular formula is C10H17N5O. The summed E-state index contributed by atoms with van der Waals surface area (Å²) in [6.07, 6.45) is 6.72. The first-order valence-corrected chi connectivity index (χ1v) is 5.65. The van der Waals surface area contributed by atoms with Crippen LogP contribution in [0.3, 0.4) is 0 Å². The van der Waals surface area contributed by atoms with E-state index in [2.05, 4.69) is 20.1 Å².